The van der Waals surface area contributed by atoms with Gasteiger partial charge in [-0.2, -0.15) is 23.4 Å². The highest BCUT2D eigenvalue weighted by Gasteiger charge is 2.37. The quantitative estimate of drug-likeness (QED) is 0.456. The van der Waals surface area contributed by atoms with Gasteiger partial charge in [-0.25, -0.2) is 9.97 Å². The van der Waals surface area contributed by atoms with Crippen molar-refractivity contribution in [3.63, 3.8) is 0 Å². The van der Waals surface area contributed by atoms with Crippen LogP contribution >= 0.6 is 11.3 Å². The van der Waals surface area contributed by atoms with E-state index in [1.807, 2.05) is 6.92 Å². The van der Waals surface area contributed by atoms with E-state index in [1.54, 1.807) is 34.4 Å². The molecule has 32 heavy (non-hydrogen) atoms. The van der Waals surface area contributed by atoms with Crippen LogP contribution in [0, 0.1) is 0 Å². The molecule has 0 aliphatic carbocycles. The molecule has 0 radical (unpaired) electrons. The fourth-order valence-electron chi connectivity index (χ4n) is 4.19. The highest BCUT2D eigenvalue weighted by atomic mass is 32.1. The van der Waals surface area contributed by atoms with Crippen molar-refractivity contribution in [2.75, 3.05) is 6.54 Å². The molecule has 1 aliphatic rings. The maximum absolute atomic E-state index is 13.2. The van der Waals surface area contributed by atoms with Gasteiger partial charge in [-0.15, -0.1) is 11.3 Å². The standard InChI is InChI=1S/C20H18F3N7OS/c1-10-17-11(18(29(3)27-17)14-7-16(20(21,22)23)26-28(14)2)4-5-30(10)19(31)12-6-15-13(8-24-12)25-9-32-15/h6-10H,4-5H2,1-3H3. The Bertz CT molecular complexity index is 1350. The number of rotatable bonds is 2. The van der Waals surface area contributed by atoms with E-state index in [0.29, 0.717) is 35.7 Å². The van der Waals surface area contributed by atoms with Gasteiger partial charge in [-0.3, -0.25) is 14.2 Å². The summed E-state index contributed by atoms with van der Waals surface area (Å²) in [6.07, 6.45) is -2.49. The zero-order valence-electron chi connectivity index (χ0n) is 17.4. The fourth-order valence-corrected chi connectivity index (χ4v) is 4.88. The van der Waals surface area contributed by atoms with Crippen LogP contribution in [0.5, 0.6) is 0 Å². The molecule has 5 rings (SSSR count). The second-order valence-corrected chi connectivity index (χ2v) is 8.57. The lowest BCUT2D eigenvalue weighted by Gasteiger charge is -2.32. The highest BCUT2D eigenvalue weighted by molar-refractivity contribution is 7.16. The number of amides is 1. The lowest BCUT2D eigenvalue weighted by Crippen LogP contribution is -2.39. The molecule has 1 atom stereocenters. The van der Waals surface area contributed by atoms with Crippen molar-refractivity contribution in [2.24, 2.45) is 14.1 Å². The van der Waals surface area contributed by atoms with Crippen molar-refractivity contribution in [1.82, 2.24) is 34.4 Å². The van der Waals surface area contributed by atoms with Crippen molar-refractivity contribution in [3.8, 4) is 11.4 Å². The van der Waals surface area contributed by atoms with Gasteiger partial charge in [-0.05, 0) is 25.5 Å². The topological polar surface area (TPSA) is 81.7 Å². The van der Waals surface area contributed by atoms with Crippen molar-refractivity contribution >= 4 is 27.5 Å². The second kappa shape index (κ2) is 7.12. The predicted molar refractivity (Wildman–Crippen MR) is 111 cm³/mol. The molecule has 0 aromatic carbocycles. The summed E-state index contributed by atoms with van der Waals surface area (Å²) >= 11 is 1.44. The van der Waals surface area contributed by atoms with Crippen LogP contribution in [0.3, 0.4) is 0 Å². The first-order valence-corrected chi connectivity index (χ1v) is 10.7. The Morgan fingerprint density at radius 3 is 2.66 bits per heavy atom. The van der Waals surface area contributed by atoms with Crippen LogP contribution in [-0.2, 0) is 26.7 Å². The monoisotopic (exact) mass is 461 g/mol. The number of thiazole rings is 1. The Labute approximate surface area is 184 Å². The number of hydrogen-bond acceptors (Lipinski definition) is 6. The molecule has 0 fully saturated rings. The third-order valence-electron chi connectivity index (χ3n) is 5.75. The molecule has 1 amide bonds. The molecule has 5 heterocycles. The van der Waals surface area contributed by atoms with Crippen molar-refractivity contribution in [1.29, 1.82) is 0 Å². The second-order valence-electron chi connectivity index (χ2n) is 7.69. The maximum atomic E-state index is 13.2. The van der Waals surface area contributed by atoms with Crippen LogP contribution in [0.1, 0.15) is 40.4 Å². The van der Waals surface area contributed by atoms with E-state index in [-0.39, 0.29) is 11.9 Å². The lowest BCUT2D eigenvalue weighted by molar-refractivity contribution is -0.141. The molecule has 12 heteroatoms. The smallest absolute Gasteiger partial charge is 0.329 e. The number of aromatic nitrogens is 6. The minimum absolute atomic E-state index is 0.217. The SMILES string of the molecule is CC1c2nn(C)c(-c3cc(C(F)(F)F)nn3C)c2CCN1C(=O)c1cc2scnc2cn1. The van der Waals surface area contributed by atoms with Crippen LogP contribution in [-0.4, -0.2) is 46.9 Å². The van der Waals surface area contributed by atoms with Gasteiger partial charge >= 0.3 is 6.18 Å². The molecular formula is C20H18F3N7OS. The van der Waals surface area contributed by atoms with Gasteiger partial charge in [0.2, 0.25) is 0 Å². The molecule has 0 spiro atoms. The number of carbonyl (C=O) groups is 1. The number of aryl methyl sites for hydroxylation is 2. The summed E-state index contributed by atoms with van der Waals surface area (Å²) in [6, 6.07) is 2.41. The number of alkyl halides is 3. The van der Waals surface area contributed by atoms with Gasteiger partial charge < -0.3 is 4.90 Å². The summed E-state index contributed by atoms with van der Waals surface area (Å²) in [6.45, 7) is 2.26. The summed E-state index contributed by atoms with van der Waals surface area (Å²) < 4.78 is 43.1. The number of nitrogens with zero attached hydrogens (tertiary/aromatic N) is 7. The molecule has 4 aromatic rings. The minimum Gasteiger partial charge on any atom is -0.329 e. The number of hydrogen-bond donors (Lipinski definition) is 0. The summed E-state index contributed by atoms with van der Waals surface area (Å²) in [7, 11) is 3.17. The number of pyridine rings is 1. The Kier molecular flexibility index (Phi) is 4.59. The lowest BCUT2D eigenvalue weighted by atomic mass is 9.97. The largest absolute Gasteiger partial charge is 0.435 e. The molecule has 8 nitrogen and oxygen atoms in total. The minimum atomic E-state index is -4.53. The van der Waals surface area contributed by atoms with Crippen molar-refractivity contribution < 1.29 is 18.0 Å². The van der Waals surface area contributed by atoms with Gasteiger partial charge in [-0.1, -0.05) is 0 Å². The summed E-state index contributed by atoms with van der Waals surface area (Å²) in [5, 5.41) is 8.18. The van der Waals surface area contributed by atoms with Gasteiger partial charge in [0.25, 0.3) is 5.91 Å². The Morgan fingerprint density at radius 2 is 1.94 bits per heavy atom. The Hall–Kier alpha value is -3.28. The van der Waals surface area contributed by atoms with E-state index in [1.165, 1.54) is 23.1 Å². The van der Waals surface area contributed by atoms with Crippen LogP contribution in [0.4, 0.5) is 13.2 Å². The van der Waals surface area contributed by atoms with Gasteiger partial charge in [0.05, 0.1) is 45.0 Å². The third kappa shape index (κ3) is 3.17. The molecular weight excluding hydrogens is 443 g/mol. The summed E-state index contributed by atoms with van der Waals surface area (Å²) in [4.78, 5) is 23.3. The van der Waals surface area contributed by atoms with E-state index in [4.69, 9.17) is 0 Å². The molecule has 166 valence electrons. The maximum Gasteiger partial charge on any atom is 0.435 e. The van der Waals surface area contributed by atoms with Crippen LogP contribution < -0.4 is 0 Å². The van der Waals surface area contributed by atoms with E-state index < -0.39 is 11.9 Å². The average molecular weight is 461 g/mol. The molecule has 1 aliphatic heterocycles. The predicted octanol–water partition coefficient (Wildman–Crippen LogP) is 3.60. The Balaban J connectivity index is 1.50. The highest BCUT2D eigenvalue weighted by Crippen LogP contribution is 2.38. The fraction of sp³-hybridized carbons (Fsp3) is 0.350. The van der Waals surface area contributed by atoms with Crippen LogP contribution in [0.2, 0.25) is 0 Å². The molecule has 0 saturated heterocycles. The van der Waals surface area contributed by atoms with E-state index in [2.05, 4.69) is 20.2 Å². The molecule has 4 aromatic heterocycles. The molecule has 0 bridgehead atoms. The van der Waals surface area contributed by atoms with E-state index >= 15 is 0 Å². The van der Waals surface area contributed by atoms with E-state index in [9.17, 15) is 18.0 Å². The van der Waals surface area contributed by atoms with Crippen molar-refractivity contribution in [2.45, 2.75) is 25.6 Å². The first-order chi connectivity index (χ1) is 15.1. The molecule has 0 saturated carbocycles. The summed E-state index contributed by atoms with van der Waals surface area (Å²) in [5.74, 6) is -0.217. The Morgan fingerprint density at radius 1 is 1.16 bits per heavy atom. The summed E-state index contributed by atoms with van der Waals surface area (Å²) in [5.41, 5.74) is 4.22. The van der Waals surface area contributed by atoms with Crippen LogP contribution in [0.15, 0.2) is 23.8 Å². The van der Waals surface area contributed by atoms with Gasteiger partial charge in [0.15, 0.2) is 5.69 Å². The first-order valence-electron chi connectivity index (χ1n) is 9.82. The zero-order chi connectivity index (χ0) is 22.8. The average Bonchev–Trinajstić information content (AvgIpc) is 3.43. The van der Waals surface area contributed by atoms with Gasteiger partial charge in [0, 0.05) is 26.2 Å². The zero-order valence-corrected chi connectivity index (χ0v) is 18.2. The molecule has 0 N–H and O–H groups in total. The normalized spacial score (nSPS) is 16.6. The van der Waals surface area contributed by atoms with Crippen molar-refractivity contribution in [3.05, 3.63) is 46.5 Å². The number of halogens is 3. The van der Waals surface area contributed by atoms with Crippen LogP contribution in [0.25, 0.3) is 21.6 Å². The first kappa shape index (κ1) is 20.6. The third-order valence-corrected chi connectivity index (χ3v) is 6.54. The van der Waals surface area contributed by atoms with E-state index in [0.717, 1.165) is 21.8 Å². The van der Waals surface area contributed by atoms with Gasteiger partial charge in [0.1, 0.15) is 5.69 Å². The number of carbonyl (C=O) groups excluding carboxylic acids is 1. The molecule has 1 unspecified atom stereocenters. The number of fused-ring (bicyclic) bond motifs is 2.